The molecule has 0 aromatic heterocycles. The summed E-state index contributed by atoms with van der Waals surface area (Å²) in [6, 6.07) is 0.859. The first kappa shape index (κ1) is 11.8. The number of rotatable bonds is 6. The third-order valence-electron chi connectivity index (χ3n) is 2.55. The molecule has 1 heteroatoms. The van der Waals surface area contributed by atoms with E-state index in [4.69, 9.17) is 0 Å². The van der Waals surface area contributed by atoms with Crippen LogP contribution in [-0.2, 0) is 0 Å². The van der Waals surface area contributed by atoms with Crippen LogP contribution in [0, 0.1) is 5.41 Å². The van der Waals surface area contributed by atoms with E-state index in [1.165, 1.54) is 32.1 Å². The predicted molar refractivity (Wildman–Crippen MR) is 63.5 cm³/mol. The van der Waals surface area contributed by atoms with Crippen LogP contribution in [0.2, 0.25) is 0 Å². The van der Waals surface area contributed by atoms with Crippen LogP contribution >= 0.6 is 0 Å². The summed E-state index contributed by atoms with van der Waals surface area (Å²) in [4.78, 5) is 0. The summed E-state index contributed by atoms with van der Waals surface area (Å²) in [7, 11) is 0. The molecule has 1 rings (SSSR count). The van der Waals surface area contributed by atoms with Crippen LogP contribution in [0.1, 0.15) is 52.9 Å². The Hall–Kier alpha value is -0.300. The Bertz CT molecular complexity index is 172. The Kier molecular flexibility index (Phi) is 4.67. The van der Waals surface area contributed by atoms with E-state index < -0.39 is 0 Å². The second-order valence-electron chi connectivity index (χ2n) is 5.59. The van der Waals surface area contributed by atoms with Gasteiger partial charge in [0.1, 0.15) is 0 Å². The fraction of sp³-hybridized carbons (Fsp3) is 0.846. The number of hydrogen-bond acceptors (Lipinski definition) is 1. The fourth-order valence-corrected chi connectivity index (χ4v) is 1.41. The van der Waals surface area contributed by atoms with Gasteiger partial charge < -0.3 is 5.32 Å². The Balaban J connectivity index is 1.87. The van der Waals surface area contributed by atoms with E-state index >= 15 is 0 Å². The van der Waals surface area contributed by atoms with Crippen molar-refractivity contribution in [1.29, 1.82) is 0 Å². The zero-order valence-corrected chi connectivity index (χ0v) is 9.97. The van der Waals surface area contributed by atoms with E-state index in [0.717, 1.165) is 12.6 Å². The predicted octanol–water partition coefficient (Wildman–Crippen LogP) is 3.51. The van der Waals surface area contributed by atoms with E-state index in [9.17, 15) is 0 Å². The minimum Gasteiger partial charge on any atom is -0.314 e. The molecule has 0 aromatic rings. The molecule has 82 valence electrons. The van der Waals surface area contributed by atoms with E-state index in [0.29, 0.717) is 5.41 Å². The maximum atomic E-state index is 3.51. The van der Waals surface area contributed by atoms with Gasteiger partial charge in [-0.25, -0.2) is 0 Å². The van der Waals surface area contributed by atoms with Crippen LogP contribution in [0.25, 0.3) is 0 Å². The van der Waals surface area contributed by atoms with E-state index in [1.807, 2.05) is 0 Å². The highest BCUT2D eigenvalue weighted by Crippen LogP contribution is 2.20. The van der Waals surface area contributed by atoms with Gasteiger partial charge in [-0.15, -0.1) is 0 Å². The Labute approximate surface area is 89.0 Å². The lowest BCUT2D eigenvalue weighted by molar-refractivity contribution is 0.381. The molecular weight excluding hydrogens is 170 g/mol. The Morgan fingerprint density at radius 3 is 2.36 bits per heavy atom. The molecule has 1 aliphatic carbocycles. The largest absolute Gasteiger partial charge is 0.314 e. The molecule has 1 fully saturated rings. The van der Waals surface area contributed by atoms with Gasteiger partial charge in [0.05, 0.1) is 0 Å². The summed E-state index contributed by atoms with van der Waals surface area (Å²) in [6.45, 7) is 8.07. The normalized spacial score (nSPS) is 17.9. The topological polar surface area (TPSA) is 12.0 Å². The maximum Gasteiger partial charge on any atom is 0.00683 e. The van der Waals surface area contributed by atoms with Crippen molar-refractivity contribution in [3.05, 3.63) is 12.2 Å². The van der Waals surface area contributed by atoms with Crippen LogP contribution < -0.4 is 5.32 Å². The summed E-state index contributed by atoms with van der Waals surface area (Å²) in [5.74, 6) is 0. The lowest BCUT2D eigenvalue weighted by atomic mass is 9.90. The molecular formula is C13H25N. The lowest BCUT2D eigenvalue weighted by Gasteiger charge is -2.15. The molecule has 0 heterocycles. The summed E-state index contributed by atoms with van der Waals surface area (Å²) in [5.41, 5.74) is 0.483. The molecule has 0 amide bonds. The summed E-state index contributed by atoms with van der Waals surface area (Å²) < 4.78 is 0. The molecule has 0 saturated heterocycles. The van der Waals surface area contributed by atoms with Gasteiger partial charge in [0, 0.05) is 6.04 Å². The van der Waals surface area contributed by atoms with Crippen LogP contribution in [0.15, 0.2) is 12.2 Å². The zero-order valence-electron chi connectivity index (χ0n) is 9.97. The van der Waals surface area contributed by atoms with Crippen LogP contribution in [0.5, 0.6) is 0 Å². The molecule has 0 spiro atoms. The quantitative estimate of drug-likeness (QED) is 0.505. The van der Waals surface area contributed by atoms with Gasteiger partial charge in [-0.2, -0.15) is 0 Å². The van der Waals surface area contributed by atoms with Crippen LogP contribution in [-0.4, -0.2) is 12.6 Å². The first-order chi connectivity index (χ1) is 6.58. The average molecular weight is 195 g/mol. The van der Waals surface area contributed by atoms with Gasteiger partial charge in [-0.05, 0) is 44.1 Å². The Morgan fingerprint density at radius 2 is 1.79 bits per heavy atom. The molecule has 0 atom stereocenters. The van der Waals surface area contributed by atoms with Gasteiger partial charge in [0.15, 0.2) is 0 Å². The van der Waals surface area contributed by atoms with E-state index in [-0.39, 0.29) is 0 Å². The van der Waals surface area contributed by atoms with Crippen molar-refractivity contribution >= 4 is 0 Å². The molecule has 1 nitrogen and oxygen atoms in total. The smallest absolute Gasteiger partial charge is 0.00683 e. The molecule has 1 saturated carbocycles. The molecule has 0 bridgehead atoms. The van der Waals surface area contributed by atoms with Gasteiger partial charge in [0.2, 0.25) is 0 Å². The molecule has 0 radical (unpaired) electrons. The number of hydrogen-bond donors (Lipinski definition) is 1. The molecule has 14 heavy (non-hydrogen) atoms. The van der Waals surface area contributed by atoms with Crippen LogP contribution in [0.4, 0.5) is 0 Å². The Morgan fingerprint density at radius 1 is 1.14 bits per heavy atom. The minimum absolute atomic E-state index is 0.483. The van der Waals surface area contributed by atoms with Gasteiger partial charge in [-0.1, -0.05) is 32.9 Å². The second kappa shape index (κ2) is 5.55. The highest BCUT2D eigenvalue weighted by Gasteiger charge is 2.19. The van der Waals surface area contributed by atoms with Crippen molar-refractivity contribution in [2.75, 3.05) is 6.54 Å². The van der Waals surface area contributed by atoms with Gasteiger partial charge >= 0.3 is 0 Å². The SMILES string of the molecule is CC(C)(C)CCC=CCCNC1CC1. The van der Waals surface area contributed by atoms with Crippen molar-refractivity contribution in [3.63, 3.8) is 0 Å². The fourth-order valence-electron chi connectivity index (χ4n) is 1.41. The maximum absolute atomic E-state index is 3.51. The first-order valence-electron chi connectivity index (χ1n) is 5.96. The monoisotopic (exact) mass is 195 g/mol. The van der Waals surface area contributed by atoms with Crippen molar-refractivity contribution < 1.29 is 0 Å². The molecule has 0 aromatic carbocycles. The van der Waals surface area contributed by atoms with E-state index in [2.05, 4.69) is 38.2 Å². The van der Waals surface area contributed by atoms with Gasteiger partial charge in [0.25, 0.3) is 0 Å². The molecule has 0 aliphatic heterocycles. The summed E-state index contributed by atoms with van der Waals surface area (Å²) in [6.07, 6.45) is 11.2. The van der Waals surface area contributed by atoms with Crippen LogP contribution in [0.3, 0.4) is 0 Å². The van der Waals surface area contributed by atoms with Crippen molar-refractivity contribution in [2.24, 2.45) is 5.41 Å². The number of nitrogens with one attached hydrogen (secondary N) is 1. The summed E-state index contributed by atoms with van der Waals surface area (Å²) in [5, 5.41) is 3.51. The van der Waals surface area contributed by atoms with Crippen molar-refractivity contribution in [3.8, 4) is 0 Å². The first-order valence-corrected chi connectivity index (χ1v) is 5.96. The average Bonchev–Trinajstić information content (AvgIpc) is 2.84. The lowest BCUT2D eigenvalue weighted by Crippen LogP contribution is -2.16. The summed E-state index contributed by atoms with van der Waals surface area (Å²) >= 11 is 0. The van der Waals surface area contributed by atoms with Crippen molar-refractivity contribution in [2.45, 2.75) is 58.9 Å². The zero-order chi connectivity index (χ0) is 10.4. The molecule has 0 unspecified atom stereocenters. The minimum atomic E-state index is 0.483. The van der Waals surface area contributed by atoms with Gasteiger partial charge in [-0.3, -0.25) is 0 Å². The highest BCUT2D eigenvalue weighted by atomic mass is 14.9. The van der Waals surface area contributed by atoms with Crippen molar-refractivity contribution in [1.82, 2.24) is 5.32 Å². The third-order valence-corrected chi connectivity index (χ3v) is 2.55. The third kappa shape index (κ3) is 7.14. The standard InChI is InChI=1S/C13H25N/c1-13(2,3)10-6-4-5-7-11-14-12-8-9-12/h4-5,12,14H,6-11H2,1-3H3. The molecule has 1 aliphatic rings. The highest BCUT2D eigenvalue weighted by molar-refractivity contribution is 4.86. The molecule has 1 N–H and O–H groups in total. The van der Waals surface area contributed by atoms with E-state index in [1.54, 1.807) is 0 Å². The second-order valence-corrected chi connectivity index (χ2v) is 5.59. The number of allylic oxidation sites excluding steroid dienone is 1.